The molecule has 1 N–H and O–H groups in total. The van der Waals surface area contributed by atoms with E-state index in [1.165, 1.54) is 17.0 Å². The monoisotopic (exact) mass is 411 g/mol. The molecule has 2 atom stereocenters. The molecule has 0 bridgehead atoms. The van der Waals surface area contributed by atoms with Crippen molar-refractivity contribution in [3.63, 3.8) is 0 Å². The molecule has 146 valence electrons. The van der Waals surface area contributed by atoms with Gasteiger partial charge in [0.1, 0.15) is 11.6 Å². The quantitative estimate of drug-likeness (QED) is 0.404. The molecule has 27 heavy (non-hydrogen) atoms. The van der Waals surface area contributed by atoms with Gasteiger partial charge in [0.25, 0.3) is 0 Å². The van der Waals surface area contributed by atoms with Crippen LogP contribution in [0.2, 0.25) is 0 Å². The van der Waals surface area contributed by atoms with Gasteiger partial charge < -0.3 is 14.2 Å². The van der Waals surface area contributed by atoms with Gasteiger partial charge in [-0.1, -0.05) is 42.5 Å². The fourth-order valence-electron chi connectivity index (χ4n) is 2.86. The second kappa shape index (κ2) is 8.73. The molecule has 0 radical (unpaired) electrons. The second-order valence-corrected chi connectivity index (χ2v) is 8.04. The molecular formula is C19H22ClNO5S. The first-order chi connectivity index (χ1) is 12.7. The zero-order valence-corrected chi connectivity index (χ0v) is 16.5. The van der Waals surface area contributed by atoms with Gasteiger partial charge in [-0.05, 0) is 24.1 Å². The van der Waals surface area contributed by atoms with Crippen LogP contribution in [-0.2, 0) is 14.9 Å². The highest BCUT2D eigenvalue weighted by Gasteiger charge is 2.35. The van der Waals surface area contributed by atoms with Crippen molar-refractivity contribution in [1.82, 2.24) is 4.90 Å². The summed E-state index contributed by atoms with van der Waals surface area (Å²) in [6.07, 6.45) is 9.61. The van der Waals surface area contributed by atoms with Crippen LogP contribution in [-0.4, -0.2) is 48.6 Å². The van der Waals surface area contributed by atoms with Crippen molar-refractivity contribution >= 4 is 27.6 Å². The molecule has 0 aliphatic heterocycles. The Balaban J connectivity index is 2.22. The average Bonchev–Trinajstić information content (AvgIpc) is 2.65. The van der Waals surface area contributed by atoms with Crippen LogP contribution < -0.4 is 4.18 Å². The molecule has 2 rings (SSSR count). The van der Waals surface area contributed by atoms with E-state index in [1.807, 2.05) is 24.3 Å². The number of carbonyl (C=O) groups is 1. The van der Waals surface area contributed by atoms with Gasteiger partial charge in [-0.15, -0.1) is 18.2 Å². The van der Waals surface area contributed by atoms with Crippen LogP contribution in [0.4, 0.5) is 0 Å². The smallest absolute Gasteiger partial charge is 0.306 e. The summed E-state index contributed by atoms with van der Waals surface area (Å²) in [5.74, 6) is -0.404. The number of hydrogen-bond donors (Lipinski definition) is 1. The molecule has 0 saturated heterocycles. The highest BCUT2D eigenvalue weighted by Crippen LogP contribution is 2.30. The number of hydrogen-bond acceptors (Lipinski definition) is 5. The molecule has 0 fully saturated rings. The Hall–Kier alpha value is -2.09. The third kappa shape index (κ3) is 5.45. The summed E-state index contributed by atoms with van der Waals surface area (Å²) < 4.78 is 27.1. The number of carbonyl (C=O) groups excluding carboxylic acids is 1. The summed E-state index contributed by atoms with van der Waals surface area (Å²) in [6.45, 7) is 3.84. The number of alkyl halides is 1. The maximum Gasteiger partial charge on any atom is 0.306 e. The Labute approximate surface area is 164 Å². The molecule has 8 heteroatoms. The van der Waals surface area contributed by atoms with Crippen molar-refractivity contribution in [3.8, 4) is 5.75 Å². The number of β-amino-alcohol motifs (C(OH)–C–C–N with tert-alkyl or cyclic N) is 1. The minimum Gasteiger partial charge on any atom is -0.387 e. The van der Waals surface area contributed by atoms with Crippen LogP contribution in [0.25, 0.3) is 0 Å². The zero-order chi connectivity index (χ0) is 20.1. The zero-order valence-electron chi connectivity index (χ0n) is 14.9. The van der Waals surface area contributed by atoms with Crippen molar-refractivity contribution in [2.75, 3.05) is 18.7 Å². The lowest BCUT2D eigenvalue weighted by Gasteiger charge is -2.41. The van der Waals surface area contributed by atoms with Crippen LogP contribution in [0.5, 0.6) is 5.75 Å². The predicted octanol–water partition coefficient (Wildman–Crippen LogP) is 2.57. The largest absolute Gasteiger partial charge is 0.387 e. The van der Waals surface area contributed by atoms with Gasteiger partial charge in [0.05, 0.1) is 24.4 Å². The average molecular weight is 412 g/mol. The SMILES string of the molecule is C=C[C@]1(N(CC(O)c2ccc(OS(C)(=O)=O)cc2)C(=O)CCl)C=CC=CC1. The second-order valence-electron chi connectivity index (χ2n) is 6.20. The lowest BCUT2D eigenvalue weighted by molar-refractivity contribution is -0.133. The van der Waals surface area contributed by atoms with Crippen molar-refractivity contribution in [2.45, 2.75) is 18.1 Å². The third-order valence-corrected chi connectivity index (χ3v) is 4.94. The molecule has 1 unspecified atom stereocenters. The topological polar surface area (TPSA) is 83.9 Å². The minimum absolute atomic E-state index is 0.00202. The molecule has 1 aliphatic rings. The van der Waals surface area contributed by atoms with E-state index in [9.17, 15) is 18.3 Å². The lowest BCUT2D eigenvalue weighted by Crippen LogP contribution is -2.51. The molecule has 1 aromatic rings. The number of halogens is 1. The predicted molar refractivity (Wildman–Crippen MR) is 105 cm³/mol. The Morgan fingerprint density at radius 3 is 2.56 bits per heavy atom. The van der Waals surface area contributed by atoms with E-state index in [0.29, 0.717) is 12.0 Å². The molecule has 0 heterocycles. The van der Waals surface area contributed by atoms with E-state index in [0.717, 1.165) is 6.26 Å². The van der Waals surface area contributed by atoms with E-state index in [2.05, 4.69) is 6.58 Å². The Morgan fingerprint density at radius 1 is 1.41 bits per heavy atom. The molecule has 6 nitrogen and oxygen atoms in total. The molecule has 0 saturated carbocycles. The highest BCUT2D eigenvalue weighted by atomic mass is 35.5. The van der Waals surface area contributed by atoms with Crippen LogP contribution in [0, 0.1) is 0 Å². The normalized spacial score (nSPS) is 20.1. The van der Waals surface area contributed by atoms with E-state index >= 15 is 0 Å². The number of amides is 1. The number of rotatable bonds is 8. The number of allylic oxidation sites excluding steroid dienone is 2. The minimum atomic E-state index is -3.63. The van der Waals surface area contributed by atoms with Gasteiger partial charge in [0, 0.05) is 0 Å². The van der Waals surface area contributed by atoms with Crippen molar-refractivity contribution in [2.24, 2.45) is 0 Å². The highest BCUT2D eigenvalue weighted by molar-refractivity contribution is 7.86. The van der Waals surface area contributed by atoms with Crippen LogP contribution >= 0.6 is 11.6 Å². The molecular weight excluding hydrogens is 390 g/mol. The first kappa shape index (κ1) is 21.2. The first-order valence-electron chi connectivity index (χ1n) is 8.22. The van der Waals surface area contributed by atoms with E-state index in [1.54, 1.807) is 18.2 Å². The molecule has 1 aromatic carbocycles. The number of nitrogens with zero attached hydrogens (tertiary/aromatic N) is 1. The van der Waals surface area contributed by atoms with Gasteiger partial charge in [-0.25, -0.2) is 0 Å². The fourth-order valence-corrected chi connectivity index (χ4v) is 3.47. The summed E-state index contributed by atoms with van der Waals surface area (Å²) in [5.41, 5.74) is -0.251. The summed E-state index contributed by atoms with van der Waals surface area (Å²) in [4.78, 5) is 13.9. The van der Waals surface area contributed by atoms with Crippen molar-refractivity contribution < 1.29 is 22.5 Å². The summed E-state index contributed by atoms with van der Waals surface area (Å²) in [7, 11) is -3.63. The number of aliphatic hydroxyl groups is 1. The Bertz CT molecular complexity index is 847. The number of benzene rings is 1. The number of aliphatic hydroxyl groups excluding tert-OH is 1. The van der Waals surface area contributed by atoms with Gasteiger partial charge in [-0.3, -0.25) is 4.79 Å². The van der Waals surface area contributed by atoms with Crippen molar-refractivity contribution in [3.05, 3.63) is 66.8 Å². The molecule has 1 amide bonds. The van der Waals surface area contributed by atoms with Gasteiger partial charge >= 0.3 is 10.1 Å². The first-order valence-corrected chi connectivity index (χ1v) is 10.6. The fraction of sp³-hybridized carbons (Fsp3) is 0.316. The molecule has 0 spiro atoms. The summed E-state index contributed by atoms with van der Waals surface area (Å²) in [5, 5.41) is 10.6. The van der Waals surface area contributed by atoms with E-state index < -0.39 is 21.8 Å². The van der Waals surface area contributed by atoms with Crippen LogP contribution in [0.15, 0.2) is 61.2 Å². The van der Waals surface area contributed by atoms with E-state index in [-0.39, 0.29) is 24.1 Å². The Kier molecular flexibility index (Phi) is 6.86. The molecule has 1 aliphatic carbocycles. The molecule has 0 aromatic heterocycles. The lowest BCUT2D eigenvalue weighted by atomic mass is 9.88. The van der Waals surface area contributed by atoms with Gasteiger partial charge in [-0.2, -0.15) is 8.42 Å². The maximum atomic E-state index is 12.4. The standard InChI is InChI=1S/C19H22ClNO5S/c1-3-19(11-5-4-6-12-19)21(18(23)13-20)14-17(22)15-7-9-16(10-8-15)26-27(2,24)25/h3-11,17,22H,1,12-14H2,2H3/t17?,19-/m0/s1. The van der Waals surface area contributed by atoms with Crippen LogP contribution in [0.1, 0.15) is 18.1 Å². The summed E-state index contributed by atoms with van der Waals surface area (Å²) in [6, 6.07) is 5.98. The maximum absolute atomic E-state index is 12.4. The van der Waals surface area contributed by atoms with Crippen molar-refractivity contribution in [1.29, 1.82) is 0 Å². The van der Waals surface area contributed by atoms with E-state index in [4.69, 9.17) is 15.8 Å². The Morgan fingerprint density at radius 2 is 2.07 bits per heavy atom. The van der Waals surface area contributed by atoms with Gasteiger partial charge in [0.15, 0.2) is 0 Å². The van der Waals surface area contributed by atoms with Gasteiger partial charge in [0.2, 0.25) is 5.91 Å². The van der Waals surface area contributed by atoms with Crippen LogP contribution in [0.3, 0.4) is 0 Å². The third-order valence-electron chi connectivity index (χ3n) is 4.22. The summed E-state index contributed by atoms with van der Waals surface area (Å²) >= 11 is 5.77.